The van der Waals surface area contributed by atoms with Crippen molar-refractivity contribution in [2.24, 2.45) is 0 Å². The second-order valence-corrected chi connectivity index (χ2v) is 4.52. The minimum atomic E-state index is -0.866. The normalized spacial score (nSPS) is 14.5. The predicted octanol–water partition coefficient (Wildman–Crippen LogP) is 2.35. The van der Waals surface area contributed by atoms with E-state index in [2.05, 4.69) is 5.10 Å². The smallest absolute Gasteiger partial charge is 0.0939 e. The first-order valence-corrected chi connectivity index (χ1v) is 5.91. The van der Waals surface area contributed by atoms with Crippen molar-refractivity contribution in [3.05, 3.63) is 53.9 Å². The van der Waals surface area contributed by atoms with E-state index >= 15 is 0 Å². The number of aryl methyl sites for hydroxylation is 1. The molecule has 0 radical (unpaired) electrons. The molecule has 1 heterocycles. The lowest BCUT2D eigenvalue weighted by Crippen LogP contribution is -2.23. The number of rotatable bonds is 4. The number of nitrogens with zero attached hydrogens (tertiary/aromatic N) is 2. The van der Waals surface area contributed by atoms with Crippen LogP contribution in [0.2, 0.25) is 0 Å². The maximum absolute atomic E-state index is 10.5. The van der Waals surface area contributed by atoms with Gasteiger partial charge in [-0.05, 0) is 19.4 Å². The van der Waals surface area contributed by atoms with Gasteiger partial charge in [-0.1, -0.05) is 30.3 Å². The summed E-state index contributed by atoms with van der Waals surface area (Å²) in [6.07, 6.45) is 4.25. The van der Waals surface area contributed by atoms with Crippen molar-refractivity contribution in [3.63, 3.8) is 0 Å². The topological polar surface area (TPSA) is 38.0 Å². The number of aromatic nitrogens is 2. The monoisotopic (exact) mass is 230 g/mol. The van der Waals surface area contributed by atoms with E-state index in [1.165, 1.54) is 0 Å². The highest BCUT2D eigenvalue weighted by Crippen LogP contribution is 2.24. The molecule has 2 rings (SSSR count). The van der Waals surface area contributed by atoms with Gasteiger partial charge in [0.25, 0.3) is 0 Å². The minimum Gasteiger partial charge on any atom is -0.385 e. The molecule has 1 atom stereocenters. The van der Waals surface area contributed by atoms with E-state index in [0.29, 0.717) is 6.42 Å². The summed E-state index contributed by atoms with van der Waals surface area (Å²) < 4.78 is 1.83. The Morgan fingerprint density at radius 2 is 2.00 bits per heavy atom. The van der Waals surface area contributed by atoms with Crippen LogP contribution < -0.4 is 0 Å². The number of benzene rings is 1. The van der Waals surface area contributed by atoms with Crippen LogP contribution in [-0.2, 0) is 18.6 Å². The summed E-state index contributed by atoms with van der Waals surface area (Å²) in [7, 11) is 0. The fraction of sp³-hybridized carbons (Fsp3) is 0.357. The van der Waals surface area contributed by atoms with Crippen LogP contribution in [0.25, 0.3) is 0 Å². The molecule has 1 aromatic heterocycles. The molecule has 90 valence electrons. The Kier molecular flexibility index (Phi) is 3.29. The Morgan fingerprint density at radius 1 is 1.29 bits per heavy atom. The lowest BCUT2D eigenvalue weighted by atomic mass is 9.91. The van der Waals surface area contributed by atoms with Gasteiger partial charge >= 0.3 is 0 Å². The first-order valence-electron chi connectivity index (χ1n) is 5.91. The Bertz CT molecular complexity index is 474. The lowest BCUT2D eigenvalue weighted by molar-refractivity contribution is 0.0575. The van der Waals surface area contributed by atoms with Gasteiger partial charge in [-0.2, -0.15) is 5.10 Å². The summed E-state index contributed by atoms with van der Waals surface area (Å²) in [5, 5.41) is 14.7. The second kappa shape index (κ2) is 4.72. The molecule has 3 nitrogen and oxygen atoms in total. The zero-order valence-corrected chi connectivity index (χ0v) is 10.3. The van der Waals surface area contributed by atoms with Gasteiger partial charge in [-0.25, -0.2) is 0 Å². The quantitative estimate of drug-likeness (QED) is 0.875. The number of aliphatic hydroxyl groups is 1. The number of hydrogen-bond acceptors (Lipinski definition) is 2. The number of hydrogen-bond donors (Lipinski definition) is 1. The van der Waals surface area contributed by atoms with Gasteiger partial charge in [0, 0.05) is 24.7 Å². The van der Waals surface area contributed by atoms with Crippen LogP contribution in [0.4, 0.5) is 0 Å². The molecule has 0 saturated heterocycles. The summed E-state index contributed by atoms with van der Waals surface area (Å²) in [6.45, 7) is 4.68. The van der Waals surface area contributed by atoms with Crippen molar-refractivity contribution in [2.75, 3.05) is 0 Å². The Morgan fingerprint density at radius 3 is 2.59 bits per heavy atom. The van der Waals surface area contributed by atoms with Gasteiger partial charge < -0.3 is 5.11 Å². The summed E-state index contributed by atoms with van der Waals surface area (Å²) >= 11 is 0. The average molecular weight is 230 g/mol. The van der Waals surface area contributed by atoms with Gasteiger partial charge in [0.15, 0.2) is 0 Å². The third-order valence-corrected chi connectivity index (χ3v) is 2.97. The molecule has 0 aliphatic carbocycles. The SMILES string of the molecule is CCn1cc(C(C)(O)Cc2ccccc2)cn1. The fourth-order valence-corrected chi connectivity index (χ4v) is 1.91. The van der Waals surface area contributed by atoms with E-state index < -0.39 is 5.60 Å². The Labute approximate surface area is 102 Å². The molecule has 0 fully saturated rings. The average Bonchev–Trinajstić information content (AvgIpc) is 2.79. The van der Waals surface area contributed by atoms with Gasteiger partial charge in [0.05, 0.1) is 11.8 Å². The van der Waals surface area contributed by atoms with E-state index in [1.54, 1.807) is 6.20 Å². The minimum absolute atomic E-state index is 0.600. The highest BCUT2D eigenvalue weighted by Gasteiger charge is 2.25. The van der Waals surface area contributed by atoms with E-state index in [9.17, 15) is 5.11 Å². The molecule has 0 bridgehead atoms. The molecular weight excluding hydrogens is 212 g/mol. The zero-order chi connectivity index (χ0) is 12.3. The van der Waals surface area contributed by atoms with E-state index in [-0.39, 0.29) is 0 Å². The summed E-state index contributed by atoms with van der Waals surface area (Å²) in [4.78, 5) is 0. The van der Waals surface area contributed by atoms with Crippen molar-refractivity contribution in [2.45, 2.75) is 32.4 Å². The van der Waals surface area contributed by atoms with Gasteiger partial charge in [-0.3, -0.25) is 4.68 Å². The summed E-state index contributed by atoms with van der Waals surface area (Å²) in [5.74, 6) is 0. The first-order chi connectivity index (χ1) is 8.12. The molecule has 1 unspecified atom stereocenters. The fourth-order valence-electron chi connectivity index (χ4n) is 1.91. The van der Waals surface area contributed by atoms with E-state index in [0.717, 1.165) is 17.7 Å². The molecule has 0 amide bonds. The molecule has 1 N–H and O–H groups in total. The maximum atomic E-state index is 10.5. The van der Waals surface area contributed by atoms with Crippen LogP contribution in [0.5, 0.6) is 0 Å². The largest absolute Gasteiger partial charge is 0.385 e. The van der Waals surface area contributed by atoms with Gasteiger partial charge in [0.1, 0.15) is 0 Å². The van der Waals surface area contributed by atoms with Crippen molar-refractivity contribution in [3.8, 4) is 0 Å². The van der Waals surface area contributed by atoms with Crippen molar-refractivity contribution in [1.82, 2.24) is 9.78 Å². The van der Waals surface area contributed by atoms with Crippen molar-refractivity contribution >= 4 is 0 Å². The molecule has 0 saturated carbocycles. The van der Waals surface area contributed by atoms with Gasteiger partial charge in [0.2, 0.25) is 0 Å². The molecule has 0 spiro atoms. The standard InChI is InChI=1S/C14H18N2O/c1-3-16-11-13(10-15-16)14(2,17)9-12-7-5-4-6-8-12/h4-8,10-11,17H,3,9H2,1-2H3. The molecule has 1 aromatic carbocycles. The van der Waals surface area contributed by atoms with Crippen molar-refractivity contribution in [1.29, 1.82) is 0 Å². The van der Waals surface area contributed by atoms with E-state index in [1.807, 2.05) is 55.1 Å². The summed E-state index contributed by atoms with van der Waals surface area (Å²) in [6, 6.07) is 10.0. The lowest BCUT2D eigenvalue weighted by Gasteiger charge is -2.21. The van der Waals surface area contributed by atoms with E-state index in [4.69, 9.17) is 0 Å². The molecule has 3 heteroatoms. The highest BCUT2D eigenvalue weighted by atomic mass is 16.3. The van der Waals surface area contributed by atoms with Gasteiger partial charge in [-0.15, -0.1) is 0 Å². The third kappa shape index (κ3) is 2.74. The highest BCUT2D eigenvalue weighted by molar-refractivity contribution is 5.22. The summed E-state index contributed by atoms with van der Waals surface area (Å²) in [5.41, 5.74) is 1.12. The first kappa shape index (κ1) is 11.9. The van der Waals surface area contributed by atoms with Crippen LogP contribution >= 0.6 is 0 Å². The van der Waals surface area contributed by atoms with Crippen LogP contribution in [0.15, 0.2) is 42.7 Å². The maximum Gasteiger partial charge on any atom is 0.0939 e. The zero-order valence-electron chi connectivity index (χ0n) is 10.3. The van der Waals surface area contributed by atoms with Crippen LogP contribution in [-0.4, -0.2) is 14.9 Å². The van der Waals surface area contributed by atoms with Crippen LogP contribution in [0.3, 0.4) is 0 Å². The molecule has 2 aromatic rings. The molecular formula is C14H18N2O. The molecule has 0 aliphatic heterocycles. The third-order valence-electron chi connectivity index (χ3n) is 2.97. The Hall–Kier alpha value is -1.61. The predicted molar refractivity (Wildman–Crippen MR) is 67.6 cm³/mol. The van der Waals surface area contributed by atoms with Crippen LogP contribution in [0, 0.1) is 0 Å². The van der Waals surface area contributed by atoms with Crippen LogP contribution in [0.1, 0.15) is 25.0 Å². The van der Waals surface area contributed by atoms with Crippen molar-refractivity contribution < 1.29 is 5.11 Å². The second-order valence-electron chi connectivity index (χ2n) is 4.52. The molecule has 0 aliphatic rings. The Balaban J connectivity index is 2.18. The molecule has 17 heavy (non-hydrogen) atoms.